The van der Waals surface area contributed by atoms with Crippen LogP contribution in [0, 0.1) is 5.92 Å². The number of piperazine rings is 1. The van der Waals surface area contributed by atoms with Gasteiger partial charge in [-0.15, -0.1) is 0 Å². The molecule has 0 saturated carbocycles. The molecule has 4 amide bonds. The van der Waals surface area contributed by atoms with Crippen molar-refractivity contribution in [1.82, 2.24) is 25.6 Å². The summed E-state index contributed by atoms with van der Waals surface area (Å²) in [4.78, 5) is 44.0. The second kappa shape index (κ2) is 11.3. The fraction of sp³-hybridized carbons (Fsp3) is 0.414. The van der Waals surface area contributed by atoms with E-state index in [2.05, 4.69) is 59.2 Å². The van der Waals surface area contributed by atoms with E-state index in [1.54, 1.807) is 24.3 Å². The molecule has 11 heteroatoms. The lowest BCUT2D eigenvalue weighted by molar-refractivity contribution is -0.111. The highest BCUT2D eigenvalue weighted by Gasteiger charge is 2.56. The second-order valence-corrected chi connectivity index (χ2v) is 11.2. The molecule has 3 fully saturated rings. The number of urea groups is 1. The SMILES string of the molecule is C=CC(=O)Nc1ccc(C(=O)Nc2cccc(NC3NNC4C3CN(C(=O)N3CCN(C)CC3)C4(C)C)c2)cc1. The maximum Gasteiger partial charge on any atom is 0.320 e. The van der Waals surface area contributed by atoms with Crippen molar-refractivity contribution in [2.75, 3.05) is 55.7 Å². The van der Waals surface area contributed by atoms with Gasteiger partial charge in [0.2, 0.25) is 5.91 Å². The Morgan fingerprint density at radius 3 is 2.35 bits per heavy atom. The molecule has 11 nitrogen and oxygen atoms in total. The molecule has 0 aromatic heterocycles. The molecule has 3 aliphatic rings. The summed E-state index contributed by atoms with van der Waals surface area (Å²) in [6.45, 7) is 11.6. The van der Waals surface area contributed by atoms with Gasteiger partial charge in [-0.2, -0.15) is 0 Å². The number of nitrogens with one attached hydrogen (secondary N) is 5. The number of rotatable bonds is 6. The van der Waals surface area contributed by atoms with E-state index in [1.807, 2.05) is 34.1 Å². The van der Waals surface area contributed by atoms with Gasteiger partial charge in [-0.25, -0.2) is 10.2 Å². The Balaban J connectivity index is 1.21. The van der Waals surface area contributed by atoms with Crippen LogP contribution in [0.4, 0.5) is 21.9 Å². The first-order valence-corrected chi connectivity index (χ1v) is 13.6. The number of hydrogen-bond acceptors (Lipinski definition) is 7. The van der Waals surface area contributed by atoms with E-state index < -0.39 is 0 Å². The van der Waals surface area contributed by atoms with Crippen LogP contribution < -0.4 is 26.8 Å². The zero-order valence-electron chi connectivity index (χ0n) is 23.2. The minimum atomic E-state index is -0.353. The van der Waals surface area contributed by atoms with Crippen LogP contribution in [0.15, 0.2) is 61.2 Å². The van der Waals surface area contributed by atoms with Crippen LogP contribution in [-0.2, 0) is 4.79 Å². The molecule has 5 N–H and O–H groups in total. The van der Waals surface area contributed by atoms with Crippen LogP contribution in [0.3, 0.4) is 0 Å². The van der Waals surface area contributed by atoms with Gasteiger partial charge in [0, 0.05) is 61.3 Å². The summed E-state index contributed by atoms with van der Waals surface area (Å²) >= 11 is 0. The number of likely N-dealkylation sites (tertiary alicyclic amines) is 1. The van der Waals surface area contributed by atoms with Gasteiger partial charge in [0.25, 0.3) is 5.91 Å². The van der Waals surface area contributed by atoms with Crippen molar-refractivity contribution in [3.05, 3.63) is 66.7 Å². The van der Waals surface area contributed by atoms with Crippen LogP contribution in [-0.4, -0.2) is 90.1 Å². The molecule has 0 aliphatic carbocycles. The summed E-state index contributed by atoms with van der Waals surface area (Å²) < 4.78 is 0. The Morgan fingerprint density at radius 2 is 1.65 bits per heavy atom. The van der Waals surface area contributed by atoms with Gasteiger partial charge in [0.1, 0.15) is 0 Å². The lowest BCUT2D eigenvalue weighted by atomic mass is 9.90. The fourth-order valence-corrected chi connectivity index (χ4v) is 5.72. The zero-order valence-corrected chi connectivity index (χ0v) is 23.2. The molecule has 3 heterocycles. The molecule has 5 rings (SSSR count). The molecule has 3 saturated heterocycles. The predicted octanol–water partition coefficient (Wildman–Crippen LogP) is 2.36. The molecule has 40 heavy (non-hydrogen) atoms. The maximum absolute atomic E-state index is 13.5. The topological polar surface area (TPSA) is 121 Å². The number of benzene rings is 2. The molecular formula is C29H38N8O3. The third kappa shape index (κ3) is 5.67. The van der Waals surface area contributed by atoms with Crippen LogP contribution in [0.25, 0.3) is 0 Å². The van der Waals surface area contributed by atoms with Crippen molar-refractivity contribution in [2.24, 2.45) is 5.92 Å². The molecule has 3 aliphatic heterocycles. The molecule has 0 bridgehead atoms. The van der Waals surface area contributed by atoms with E-state index in [0.717, 1.165) is 31.9 Å². The largest absolute Gasteiger partial charge is 0.368 e. The number of fused-ring (bicyclic) bond motifs is 1. The average Bonchev–Trinajstić information content (AvgIpc) is 3.46. The smallest absolute Gasteiger partial charge is 0.320 e. The van der Waals surface area contributed by atoms with E-state index in [4.69, 9.17) is 0 Å². The third-order valence-electron chi connectivity index (χ3n) is 8.15. The van der Waals surface area contributed by atoms with E-state index in [1.165, 1.54) is 6.08 Å². The van der Waals surface area contributed by atoms with Crippen molar-refractivity contribution in [1.29, 1.82) is 0 Å². The zero-order chi connectivity index (χ0) is 28.4. The van der Waals surface area contributed by atoms with Crippen molar-refractivity contribution in [3.63, 3.8) is 0 Å². The molecule has 2 aromatic rings. The van der Waals surface area contributed by atoms with Crippen LogP contribution in [0.5, 0.6) is 0 Å². The quantitative estimate of drug-likeness (QED) is 0.353. The van der Waals surface area contributed by atoms with Crippen LogP contribution in [0.1, 0.15) is 24.2 Å². The average molecular weight is 547 g/mol. The summed E-state index contributed by atoms with van der Waals surface area (Å²) in [6, 6.07) is 14.4. The summed E-state index contributed by atoms with van der Waals surface area (Å²) in [7, 11) is 2.09. The number of carbonyl (C=O) groups is 3. The van der Waals surface area contributed by atoms with Gasteiger partial charge in [-0.1, -0.05) is 12.6 Å². The van der Waals surface area contributed by atoms with Crippen molar-refractivity contribution in [2.45, 2.75) is 31.6 Å². The lowest BCUT2D eigenvalue weighted by Gasteiger charge is -2.41. The van der Waals surface area contributed by atoms with E-state index in [-0.39, 0.29) is 41.5 Å². The number of hydrogen-bond donors (Lipinski definition) is 5. The predicted molar refractivity (Wildman–Crippen MR) is 156 cm³/mol. The normalized spacial score (nSPS) is 23.8. The van der Waals surface area contributed by atoms with E-state index >= 15 is 0 Å². The van der Waals surface area contributed by atoms with Crippen molar-refractivity contribution >= 4 is 34.9 Å². The lowest BCUT2D eigenvalue weighted by Crippen LogP contribution is -2.59. The third-order valence-corrected chi connectivity index (χ3v) is 8.15. The highest BCUT2D eigenvalue weighted by molar-refractivity contribution is 6.05. The van der Waals surface area contributed by atoms with Gasteiger partial charge >= 0.3 is 6.03 Å². The minimum Gasteiger partial charge on any atom is -0.368 e. The molecule has 2 aromatic carbocycles. The van der Waals surface area contributed by atoms with Gasteiger partial charge in [0.15, 0.2) is 0 Å². The first-order chi connectivity index (χ1) is 19.2. The van der Waals surface area contributed by atoms with Gasteiger partial charge < -0.3 is 30.7 Å². The minimum absolute atomic E-state index is 0.0866. The van der Waals surface area contributed by atoms with E-state index in [0.29, 0.717) is 23.5 Å². The van der Waals surface area contributed by atoms with Crippen molar-refractivity contribution < 1.29 is 14.4 Å². The number of anilines is 3. The molecule has 3 unspecified atom stereocenters. The highest BCUT2D eigenvalue weighted by Crippen LogP contribution is 2.38. The molecule has 0 spiro atoms. The molecular weight excluding hydrogens is 508 g/mol. The Kier molecular flexibility index (Phi) is 7.79. The van der Waals surface area contributed by atoms with Crippen LogP contribution in [0.2, 0.25) is 0 Å². The first kappa shape index (κ1) is 27.6. The maximum atomic E-state index is 13.5. The van der Waals surface area contributed by atoms with E-state index in [9.17, 15) is 14.4 Å². The highest BCUT2D eigenvalue weighted by atomic mass is 16.2. The number of hydrazine groups is 1. The standard InChI is InChI=1S/C29H38N8O3/c1-5-24(38)30-20-11-9-19(10-12-20)27(39)32-22-8-6-7-21(17-22)31-26-23-18-37(29(2,3)25(23)33-34-26)28(40)36-15-13-35(4)14-16-36/h5-12,17,23,25-26,31,33-34H,1,13-16,18H2,2-4H3,(H,30,38)(H,32,39). The summed E-state index contributed by atoms with van der Waals surface area (Å²) in [5, 5.41) is 9.15. The number of carbonyl (C=O) groups excluding carboxylic acids is 3. The Labute approximate surface area is 234 Å². The van der Waals surface area contributed by atoms with Crippen LogP contribution >= 0.6 is 0 Å². The Hall–Kier alpha value is -3.93. The fourth-order valence-electron chi connectivity index (χ4n) is 5.72. The van der Waals surface area contributed by atoms with Gasteiger partial charge in [-0.3, -0.25) is 15.0 Å². The second-order valence-electron chi connectivity index (χ2n) is 11.2. The van der Waals surface area contributed by atoms with Crippen molar-refractivity contribution in [3.8, 4) is 0 Å². The summed E-state index contributed by atoms with van der Waals surface area (Å²) in [5.74, 6) is -0.407. The molecule has 212 valence electrons. The Bertz CT molecular complexity index is 1270. The number of amides is 4. The molecule has 0 radical (unpaired) electrons. The number of nitrogens with zero attached hydrogens (tertiary/aromatic N) is 3. The van der Waals surface area contributed by atoms with Gasteiger partial charge in [0.05, 0.1) is 17.7 Å². The Morgan fingerprint density at radius 1 is 0.950 bits per heavy atom. The monoisotopic (exact) mass is 546 g/mol. The number of likely N-dealkylation sites (N-methyl/N-ethyl adjacent to an activating group) is 1. The molecule has 3 atom stereocenters. The van der Waals surface area contributed by atoms with Gasteiger partial charge in [-0.05, 0) is 69.4 Å². The summed E-state index contributed by atoms with van der Waals surface area (Å²) in [6.07, 6.45) is 1.09. The first-order valence-electron chi connectivity index (χ1n) is 13.6. The summed E-state index contributed by atoms with van der Waals surface area (Å²) in [5.41, 5.74) is 9.01.